The Hall–Kier alpha value is -2.34. The lowest BCUT2D eigenvalue weighted by atomic mass is 9.78. The molecular weight excluding hydrogens is 306 g/mol. The van der Waals surface area contributed by atoms with Crippen LogP contribution in [0, 0.1) is 0 Å². The van der Waals surface area contributed by atoms with E-state index in [0.717, 1.165) is 25.0 Å². The smallest absolute Gasteiger partial charge is 0.289 e. The molecule has 1 saturated heterocycles. The number of H-pyrrole nitrogens is 1. The molecule has 0 saturated carbocycles. The second-order valence-electron chi connectivity index (χ2n) is 6.32. The van der Waals surface area contributed by atoms with E-state index in [9.17, 15) is 4.79 Å². The van der Waals surface area contributed by atoms with Crippen molar-refractivity contribution in [1.82, 2.24) is 14.9 Å². The monoisotopic (exact) mass is 327 g/mol. The summed E-state index contributed by atoms with van der Waals surface area (Å²) in [5.74, 6) is 1.23. The molecule has 2 aliphatic rings. The number of benzene rings is 1. The molecule has 0 unspecified atom stereocenters. The Balaban J connectivity index is 1.59. The SMILES string of the molecule is COc1cccc2c1C1(CCN(C(=O)c3ncc[nH]3)CC1)OCC2. The standard InChI is InChI=1S/C18H21N3O3/c1-23-14-4-2-3-13-5-12-24-18(15(13)14)6-10-21(11-7-18)17(22)16-19-8-9-20-16/h2-4,8-9H,5-7,10-12H2,1H3,(H,19,20). The van der Waals surface area contributed by atoms with Crippen LogP contribution in [0.1, 0.15) is 34.6 Å². The summed E-state index contributed by atoms with van der Waals surface area (Å²) in [5, 5.41) is 0. The number of imidazole rings is 1. The first-order chi connectivity index (χ1) is 11.7. The maximum atomic E-state index is 12.5. The second-order valence-corrected chi connectivity index (χ2v) is 6.32. The first-order valence-electron chi connectivity index (χ1n) is 8.32. The molecule has 0 aliphatic carbocycles. The summed E-state index contributed by atoms with van der Waals surface area (Å²) in [7, 11) is 1.70. The molecule has 6 nitrogen and oxygen atoms in total. The number of fused-ring (bicyclic) bond motifs is 2. The van der Waals surface area contributed by atoms with Crippen LogP contribution in [0.4, 0.5) is 0 Å². The number of ether oxygens (including phenoxy) is 2. The average Bonchev–Trinajstić information content (AvgIpc) is 3.16. The molecule has 1 N–H and O–H groups in total. The third-order valence-electron chi connectivity index (χ3n) is 5.10. The number of amides is 1. The van der Waals surface area contributed by atoms with Crippen molar-refractivity contribution in [2.45, 2.75) is 24.9 Å². The van der Waals surface area contributed by atoms with Gasteiger partial charge < -0.3 is 19.4 Å². The van der Waals surface area contributed by atoms with Gasteiger partial charge in [0, 0.05) is 31.0 Å². The van der Waals surface area contributed by atoms with Crippen molar-refractivity contribution in [2.24, 2.45) is 0 Å². The number of nitrogens with one attached hydrogen (secondary N) is 1. The fourth-order valence-electron chi connectivity index (χ4n) is 3.90. The quantitative estimate of drug-likeness (QED) is 0.917. The van der Waals surface area contributed by atoms with Gasteiger partial charge in [-0.1, -0.05) is 12.1 Å². The second kappa shape index (κ2) is 5.94. The first kappa shape index (κ1) is 15.2. The van der Waals surface area contributed by atoms with Gasteiger partial charge in [0.1, 0.15) is 11.4 Å². The number of hydrogen-bond donors (Lipinski definition) is 1. The molecule has 1 fully saturated rings. The van der Waals surface area contributed by atoms with Crippen molar-refractivity contribution in [3.8, 4) is 5.75 Å². The van der Waals surface area contributed by atoms with Gasteiger partial charge in [0.2, 0.25) is 0 Å². The molecule has 24 heavy (non-hydrogen) atoms. The molecule has 2 aromatic rings. The molecule has 0 atom stereocenters. The van der Waals surface area contributed by atoms with E-state index >= 15 is 0 Å². The zero-order valence-corrected chi connectivity index (χ0v) is 13.7. The number of aromatic nitrogens is 2. The molecule has 1 aromatic heterocycles. The Kier molecular flexibility index (Phi) is 3.76. The highest BCUT2D eigenvalue weighted by molar-refractivity contribution is 5.90. The van der Waals surface area contributed by atoms with Crippen molar-refractivity contribution in [3.05, 3.63) is 47.5 Å². The summed E-state index contributed by atoms with van der Waals surface area (Å²) in [6, 6.07) is 6.18. The number of carbonyl (C=O) groups is 1. The number of methoxy groups -OCH3 is 1. The number of piperidine rings is 1. The summed E-state index contributed by atoms with van der Waals surface area (Å²) < 4.78 is 11.9. The molecule has 6 heteroatoms. The van der Waals surface area contributed by atoms with E-state index in [1.54, 1.807) is 19.5 Å². The Labute approximate surface area is 140 Å². The fraction of sp³-hybridized carbons (Fsp3) is 0.444. The van der Waals surface area contributed by atoms with E-state index in [0.29, 0.717) is 25.5 Å². The van der Waals surface area contributed by atoms with Crippen LogP contribution in [-0.2, 0) is 16.8 Å². The van der Waals surface area contributed by atoms with Crippen molar-refractivity contribution < 1.29 is 14.3 Å². The number of aromatic amines is 1. The number of rotatable bonds is 2. The largest absolute Gasteiger partial charge is 0.496 e. The summed E-state index contributed by atoms with van der Waals surface area (Å²) in [6.45, 7) is 2.01. The Morgan fingerprint density at radius 1 is 1.38 bits per heavy atom. The number of likely N-dealkylation sites (tertiary alicyclic amines) is 1. The van der Waals surface area contributed by atoms with Crippen molar-refractivity contribution in [1.29, 1.82) is 0 Å². The van der Waals surface area contributed by atoms with Crippen LogP contribution >= 0.6 is 0 Å². The molecule has 0 bridgehead atoms. The predicted molar refractivity (Wildman–Crippen MR) is 88.1 cm³/mol. The molecule has 2 aliphatic heterocycles. The minimum absolute atomic E-state index is 0.0501. The number of carbonyl (C=O) groups excluding carboxylic acids is 1. The van der Waals surface area contributed by atoms with Gasteiger partial charge in [-0.3, -0.25) is 4.79 Å². The van der Waals surface area contributed by atoms with Crippen molar-refractivity contribution in [3.63, 3.8) is 0 Å². The lowest BCUT2D eigenvalue weighted by Crippen LogP contribution is -2.48. The van der Waals surface area contributed by atoms with Gasteiger partial charge in [-0.05, 0) is 30.9 Å². The Morgan fingerprint density at radius 2 is 2.21 bits per heavy atom. The minimum Gasteiger partial charge on any atom is -0.496 e. The Morgan fingerprint density at radius 3 is 2.92 bits per heavy atom. The Bertz CT molecular complexity index is 720. The zero-order valence-electron chi connectivity index (χ0n) is 13.7. The molecule has 4 rings (SSSR count). The normalized spacial score (nSPS) is 19.1. The van der Waals surface area contributed by atoms with Crippen molar-refractivity contribution in [2.75, 3.05) is 26.8 Å². The molecule has 3 heterocycles. The van der Waals surface area contributed by atoms with Crippen LogP contribution in [0.3, 0.4) is 0 Å². The third-order valence-corrected chi connectivity index (χ3v) is 5.10. The van der Waals surface area contributed by atoms with Gasteiger partial charge in [0.15, 0.2) is 5.82 Å². The van der Waals surface area contributed by atoms with Gasteiger partial charge in [-0.2, -0.15) is 0 Å². The van der Waals surface area contributed by atoms with E-state index < -0.39 is 0 Å². The van der Waals surface area contributed by atoms with E-state index in [1.165, 1.54) is 11.1 Å². The van der Waals surface area contributed by atoms with Crippen LogP contribution in [0.25, 0.3) is 0 Å². The van der Waals surface area contributed by atoms with Crippen LogP contribution in [0.2, 0.25) is 0 Å². The lowest BCUT2D eigenvalue weighted by Gasteiger charge is -2.45. The maximum Gasteiger partial charge on any atom is 0.289 e. The minimum atomic E-state index is -0.347. The van der Waals surface area contributed by atoms with Gasteiger partial charge in [-0.25, -0.2) is 4.98 Å². The summed E-state index contributed by atoms with van der Waals surface area (Å²) in [5.41, 5.74) is 2.12. The van der Waals surface area contributed by atoms with E-state index in [4.69, 9.17) is 9.47 Å². The number of nitrogens with zero attached hydrogens (tertiary/aromatic N) is 2. The third kappa shape index (κ3) is 2.38. The molecule has 1 amide bonds. The number of hydrogen-bond acceptors (Lipinski definition) is 4. The first-order valence-corrected chi connectivity index (χ1v) is 8.32. The molecule has 126 valence electrons. The summed E-state index contributed by atoms with van der Waals surface area (Å²) >= 11 is 0. The predicted octanol–water partition coefficient (Wildman–Crippen LogP) is 2.12. The highest BCUT2D eigenvalue weighted by Crippen LogP contribution is 2.45. The van der Waals surface area contributed by atoms with Crippen molar-refractivity contribution >= 4 is 5.91 Å². The molecular formula is C18H21N3O3. The van der Waals surface area contributed by atoms with E-state index in [1.807, 2.05) is 17.0 Å². The highest BCUT2D eigenvalue weighted by Gasteiger charge is 2.43. The molecule has 1 spiro atoms. The van der Waals surface area contributed by atoms with Gasteiger partial charge in [0.05, 0.1) is 13.7 Å². The van der Waals surface area contributed by atoms with Gasteiger partial charge in [-0.15, -0.1) is 0 Å². The summed E-state index contributed by atoms with van der Waals surface area (Å²) in [4.78, 5) is 21.3. The maximum absolute atomic E-state index is 12.5. The van der Waals surface area contributed by atoms with Crippen LogP contribution in [0.5, 0.6) is 5.75 Å². The summed E-state index contributed by atoms with van der Waals surface area (Å²) in [6.07, 6.45) is 5.72. The molecule has 0 radical (unpaired) electrons. The highest BCUT2D eigenvalue weighted by atomic mass is 16.5. The lowest BCUT2D eigenvalue weighted by molar-refractivity contribution is -0.0947. The van der Waals surface area contributed by atoms with Crippen LogP contribution in [-0.4, -0.2) is 47.6 Å². The van der Waals surface area contributed by atoms with E-state index in [-0.39, 0.29) is 11.5 Å². The topological polar surface area (TPSA) is 67.5 Å². The van der Waals surface area contributed by atoms with Crippen LogP contribution < -0.4 is 4.74 Å². The van der Waals surface area contributed by atoms with E-state index in [2.05, 4.69) is 16.0 Å². The average molecular weight is 327 g/mol. The van der Waals surface area contributed by atoms with Crippen LogP contribution in [0.15, 0.2) is 30.6 Å². The molecule has 1 aromatic carbocycles. The zero-order chi connectivity index (χ0) is 16.6. The van der Waals surface area contributed by atoms with Gasteiger partial charge in [0.25, 0.3) is 5.91 Å². The van der Waals surface area contributed by atoms with Gasteiger partial charge >= 0.3 is 0 Å². The fourth-order valence-corrected chi connectivity index (χ4v) is 3.90.